The van der Waals surface area contributed by atoms with Crippen molar-refractivity contribution in [2.24, 2.45) is 4.99 Å². The van der Waals surface area contributed by atoms with Crippen LogP contribution in [0.2, 0.25) is 0 Å². The standard InChI is InChI=1S/C32H29F3N6O3S/c1-3-4-20-6-5-19(2)13-27(20)41-28(42)17-45-31(41)38-30(43)37-24-15-21-7-8-22(14-23(21)16-24)29-36-18-40(39-29)25-9-11-26(12-10-25)44-32(33,34)35/h5-14,18,24H,3-4,15-17H2,1-2H3,(H,37,43). The molecular formula is C32H29F3N6O3S. The van der Waals surface area contributed by atoms with Gasteiger partial charge in [0.25, 0.3) is 0 Å². The van der Waals surface area contributed by atoms with Gasteiger partial charge in [0.2, 0.25) is 5.91 Å². The minimum atomic E-state index is -4.76. The van der Waals surface area contributed by atoms with E-state index in [0.29, 0.717) is 29.5 Å². The number of nitrogens with one attached hydrogen (secondary N) is 1. The highest BCUT2D eigenvalue weighted by Crippen LogP contribution is 2.32. The summed E-state index contributed by atoms with van der Waals surface area (Å²) in [5.74, 6) is 0.261. The Hall–Kier alpha value is -4.65. The average Bonchev–Trinajstić information content (AvgIpc) is 3.72. The predicted octanol–water partition coefficient (Wildman–Crippen LogP) is 6.41. The molecule has 1 N–H and O–H groups in total. The van der Waals surface area contributed by atoms with Crippen molar-refractivity contribution in [1.82, 2.24) is 20.1 Å². The van der Waals surface area contributed by atoms with Crippen LogP contribution in [0.4, 0.5) is 23.7 Å². The largest absolute Gasteiger partial charge is 0.573 e. The van der Waals surface area contributed by atoms with Crippen molar-refractivity contribution in [3.05, 3.63) is 89.2 Å². The molecule has 45 heavy (non-hydrogen) atoms. The third-order valence-electron chi connectivity index (χ3n) is 7.52. The lowest BCUT2D eigenvalue weighted by Crippen LogP contribution is -2.36. The summed E-state index contributed by atoms with van der Waals surface area (Å²) in [5, 5.41) is 7.86. The molecule has 1 aromatic heterocycles. The molecule has 6 rings (SSSR count). The van der Waals surface area contributed by atoms with E-state index in [0.717, 1.165) is 46.3 Å². The highest BCUT2D eigenvalue weighted by atomic mass is 32.2. The van der Waals surface area contributed by atoms with Gasteiger partial charge in [-0.25, -0.2) is 14.5 Å². The molecule has 1 saturated heterocycles. The molecule has 0 radical (unpaired) electrons. The van der Waals surface area contributed by atoms with Gasteiger partial charge in [-0.05, 0) is 84.8 Å². The third kappa shape index (κ3) is 6.88. The smallest absolute Gasteiger partial charge is 0.406 e. The van der Waals surface area contributed by atoms with E-state index < -0.39 is 12.4 Å². The fraction of sp³-hybridized carbons (Fsp3) is 0.281. The summed E-state index contributed by atoms with van der Waals surface area (Å²) >= 11 is 1.26. The number of fused-ring (bicyclic) bond motifs is 1. The zero-order chi connectivity index (χ0) is 31.7. The number of carbonyl (C=O) groups is 2. The van der Waals surface area contributed by atoms with E-state index in [9.17, 15) is 22.8 Å². The summed E-state index contributed by atoms with van der Waals surface area (Å²) < 4.78 is 42.8. The van der Waals surface area contributed by atoms with Gasteiger partial charge in [0, 0.05) is 11.6 Å². The first kappa shape index (κ1) is 30.4. The summed E-state index contributed by atoms with van der Waals surface area (Å²) in [7, 11) is 0. The van der Waals surface area contributed by atoms with Gasteiger partial charge in [-0.15, -0.1) is 18.3 Å². The Kier molecular flexibility index (Phi) is 8.36. The molecule has 1 aliphatic carbocycles. The van der Waals surface area contributed by atoms with Crippen LogP contribution in [0.1, 0.15) is 35.6 Å². The first-order valence-corrected chi connectivity index (χ1v) is 15.4. The van der Waals surface area contributed by atoms with Crippen molar-refractivity contribution >= 4 is 34.6 Å². The lowest BCUT2D eigenvalue weighted by atomic mass is 10.0. The maximum Gasteiger partial charge on any atom is 0.573 e. The van der Waals surface area contributed by atoms with E-state index in [4.69, 9.17) is 0 Å². The Morgan fingerprint density at radius 3 is 2.62 bits per heavy atom. The van der Waals surface area contributed by atoms with E-state index in [1.54, 1.807) is 4.90 Å². The molecule has 3 amide bonds. The lowest BCUT2D eigenvalue weighted by Gasteiger charge is -2.20. The fourth-order valence-electron chi connectivity index (χ4n) is 5.52. The number of amides is 3. The Bertz CT molecular complexity index is 1790. The maximum atomic E-state index is 13.0. The molecule has 0 bridgehead atoms. The molecule has 4 aromatic rings. The maximum absolute atomic E-state index is 13.0. The van der Waals surface area contributed by atoms with Gasteiger partial charge in [0.05, 0.1) is 17.1 Å². The molecule has 0 saturated carbocycles. The predicted molar refractivity (Wildman–Crippen MR) is 166 cm³/mol. The Balaban J connectivity index is 1.12. The van der Waals surface area contributed by atoms with Gasteiger partial charge in [-0.2, -0.15) is 4.99 Å². The van der Waals surface area contributed by atoms with E-state index >= 15 is 0 Å². The molecule has 232 valence electrons. The zero-order valence-corrected chi connectivity index (χ0v) is 25.3. The number of thioether (sulfide) groups is 1. The van der Waals surface area contributed by atoms with Crippen LogP contribution >= 0.6 is 11.8 Å². The Morgan fingerprint density at radius 2 is 1.87 bits per heavy atom. The minimum Gasteiger partial charge on any atom is -0.406 e. The van der Waals surface area contributed by atoms with Crippen LogP contribution < -0.4 is 15.0 Å². The first-order valence-electron chi connectivity index (χ1n) is 14.4. The molecule has 3 aromatic carbocycles. The molecule has 1 unspecified atom stereocenters. The van der Waals surface area contributed by atoms with E-state index in [1.807, 2.05) is 43.3 Å². The number of aryl methyl sites for hydroxylation is 2. The molecule has 2 heterocycles. The van der Waals surface area contributed by atoms with E-state index in [1.165, 1.54) is 47.0 Å². The van der Waals surface area contributed by atoms with E-state index in [2.05, 4.69) is 32.1 Å². The number of ether oxygens (including phenoxy) is 1. The highest BCUT2D eigenvalue weighted by Gasteiger charge is 2.33. The van der Waals surface area contributed by atoms with Crippen LogP contribution in [0.3, 0.4) is 0 Å². The molecular weight excluding hydrogens is 605 g/mol. The van der Waals surface area contributed by atoms with Crippen LogP contribution in [-0.2, 0) is 24.1 Å². The van der Waals surface area contributed by atoms with Crippen molar-refractivity contribution in [3.63, 3.8) is 0 Å². The van der Waals surface area contributed by atoms with Crippen molar-refractivity contribution < 1.29 is 27.5 Å². The third-order valence-corrected chi connectivity index (χ3v) is 8.44. The summed E-state index contributed by atoms with van der Waals surface area (Å²) in [6.07, 6.45) is -0.305. The molecule has 1 fully saturated rings. The molecule has 1 aliphatic heterocycles. The molecule has 0 spiro atoms. The second kappa shape index (κ2) is 12.4. The first-order chi connectivity index (χ1) is 21.6. The van der Waals surface area contributed by atoms with E-state index in [-0.39, 0.29) is 23.5 Å². The van der Waals surface area contributed by atoms with Gasteiger partial charge in [0.15, 0.2) is 11.0 Å². The quantitative estimate of drug-likeness (QED) is 0.252. The highest BCUT2D eigenvalue weighted by molar-refractivity contribution is 8.15. The number of amidine groups is 1. The normalized spacial score (nSPS) is 17.2. The second-order valence-corrected chi connectivity index (χ2v) is 11.8. The minimum absolute atomic E-state index is 0.0983. The lowest BCUT2D eigenvalue weighted by molar-refractivity contribution is -0.274. The molecule has 2 aliphatic rings. The SMILES string of the molecule is CCCc1ccc(C)cc1N1C(=O)CSC1=NC(=O)NC1Cc2ccc(-c3ncn(-c4ccc(OC(F)(F)F)cc4)n3)cc2C1. The van der Waals surface area contributed by atoms with Crippen molar-refractivity contribution in [1.29, 1.82) is 0 Å². The van der Waals surface area contributed by atoms with Crippen LogP contribution in [-0.4, -0.2) is 50.0 Å². The van der Waals surface area contributed by atoms with Crippen LogP contribution in [0, 0.1) is 6.92 Å². The molecule has 1 atom stereocenters. The van der Waals surface area contributed by atoms with Crippen molar-refractivity contribution in [2.45, 2.75) is 51.9 Å². The van der Waals surface area contributed by atoms with Gasteiger partial charge < -0.3 is 10.1 Å². The summed E-state index contributed by atoms with van der Waals surface area (Å²) in [6, 6.07) is 16.6. The number of nitrogens with zero attached hydrogens (tertiary/aromatic N) is 5. The van der Waals surface area contributed by atoms with Crippen LogP contribution in [0.15, 0.2) is 72.0 Å². The number of hydrogen-bond acceptors (Lipinski definition) is 6. The number of carbonyl (C=O) groups excluding carboxylic acids is 2. The number of rotatable bonds is 7. The number of benzene rings is 3. The van der Waals surface area contributed by atoms with Crippen LogP contribution in [0.5, 0.6) is 5.75 Å². The number of aromatic nitrogens is 3. The number of urea groups is 1. The van der Waals surface area contributed by atoms with Gasteiger partial charge in [-0.1, -0.05) is 49.4 Å². The summed E-state index contributed by atoms with van der Waals surface area (Å²) in [4.78, 5) is 36.2. The number of aliphatic imine (C=N–C) groups is 1. The van der Waals surface area contributed by atoms with Gasteiger partial charge >= 0.3 is 12.4 Å². The fourth-order valence-corrected chi connectivity index (χ4v) is 6.38. The van der Waals surface area contributed by atoms with Crippen molar-refractivity contribution in [3.8, 4) is 22.8 Å². The van der Waals surface area contributed by atoms with Crippen molar-refractivity contribution in [2.75, 3.05) is 10.7 Å². The average molecular weight is 635 g/mol. The molecule has 9 nitrogen and oxygen atoms in total. The summed E-state index contributed by atoms with van der Waals surface area (Å²) in [5.41, 5.74) is 6.29. The topological polar surface area (TPSA) is 102 Å². The van der Waals surface area contributed by atoms with Gasteiger partial charge in [-0.3, -0.25) is 9.69 Å². The number of halogens is 3. The second-order valence-electron chi connectivity index (χ2n) is 10.9. The molecule has 13 heteroatoms. The number of hydrogen-bond donors (Lipinski definition) is 1. The van der Waals surface area contributed by atoms with Gasteiger partial charge in [0.1, 0.15) is 12.1 Å². The zero-order valence-electron chi connectivity index (χ0n) is 24.5. The summed E-state index contributed by atoms with van der Waals surface area (Å²) in [6.45, 7) is 4.06. The Labute approximate surface area is 261 Å². The monoisotopic (exact) mass is 634 g/mol. The Morgan fingerprint density at radius 1 is 1.09 bits per heavy atom. The number of alkyl halides is 3. The van der Waals surface area contributed by atoms with Crippen LogP contribution in [0.25, 0.3) is 17.1 Å². The number of anilines is 1.